The number of halogens is 1. The Labute approximate surface area is 191 Å². The van der Waals surface area contributed by atoms with E-state index in [1.807, 2.05) is 19.1 Å². The smallest absolute Gasteiger partial charge is 0.343 e. The molecular formula is C27H23FO5. The topological polar surface area (TPSA) is 54.0 Å². The van der Waals surface area contributed by atoms with Gasteiger partial charge in [-0.15, -0.1) is 0 Å². The molecule has 1 heterocycles. The van der Waals surface area contributed by atoms with Crippen LogP contribution in [0.5, 0.6) is 17.2 Å². The molecule has 0 radical (unpaired) electrons. The number of hydrogen-bond acceptors (Lipinski definition) is 5. The number of carbonyl (C=O) groups is 1. The van der Waals surface area contributed by atoms with E-state index in [1.54, 1.807) is 67.8 Å². The van der Waals surface area contributed by atoms with Gasteiger partial charge in [-0.05, 0) is 67.1 Å². The van der Waals surface area contributed by atoms with Crippen LogP contribution in [0.2, 0.25) is 0 Å². The Morgan fingerprint density at radius 1 is 0.970 bits per heavy atom. The average Bonchev–Trinajstić information content (AvgIpc) is 3.20. The lowest BCUT2D eigenvalue weighted by atomic mass is 10.1. The molecule has 0 spiro atoms. The van der Waals surface area contributed by atoms with Crippen LogP contribution in [0.4, 0.5) is 4.39 Å². The number of carbonyl (C=O) groups excluding carboxylic acids is 1. The Balaban J connectivity index is 1.55. The van der Waals surface area contributed by atoms with E-state index in [0.717, 1.165) is 16.9 Å². The molecule has 0 aliphatic carbocycles. The van der Waals surface area contributed by atoms with Gasteiger partial charge in [-0.25, -0.2) is 9.18 Å². The van der Waals surface area contributed by atoms with E-state index >= 15 is 0 Å². The van der Waals surface area contributed by atoms with Crippen LogP contribution in [-0.4, -0.2) is 19.7 Å². The van der Waals surface area contributed by atoms with Crippen LogP contribution in [0, 0.1) is 5.82 Å². The number of hydrogen-bond donors (Lipinski definition) is 0. The molecule has 33 heavy (non-hydrogen) atoms. The second-order valence-electron chi connectivity index (χ2n) is 7.25. The van der Waals surface area contributed by atoms with Gasteiger partial charge in [-0.3, -0.25) is 0 Å². The van der Waals surface area contributed by atoms with Gasteiger partial charge in [0.2, 0.25) is 0 Å². The zero-order chi connectivity index (χ0) is 23.2. The second-order valence-corrected chi connectivity index (χ2v) is 7.25. The van der Waals surface area contributed by atoms with Crippen molar-refractivity contribution in [2.45, 2.75) is 13.5 Å². The Kier molecular flexibility index (Phi) is 6.74. The van der Waals surface area contributed by atoms with E-state index in [1.165, 1.54) is 6.07 Å². The summed E-state index contributed by atoms with van der Waals surface area (Å²) in [4.78, 5) is 12.4. The van der Waals surface area contributed by atoms with Crippen LogP contribution in [0.25, 0.3) is 11.8 Å². The third-order valence-corrected chi connectivity index (χ3v) is 5.03. The van der Waals surface area contributed by atoms with Crippen molar-refractivity contribution in [1.29, 1.82) is 0 Å². The zero-order valence-electron chi connectivity index (χ0n) is 18.3. The maximum Gasteiger partial charge on any atom is 0.343 e. The normalized spacial score (nSPS) is 14.1. The quantitative estimate of drug-likeness (QED) is 0.324. The summed E-state index contributed by atoms with van der Waals surface area (Å²) in [5, 5.41) is 0. The Hall–Kier alpha value is -4.06. The number of esters is 1. The van der Waals surface area contributed by atoms with Gasteiger partial charge in [0.15, 0.2) is 11.5 Å². The largest absolute Gasteiger partial charge is 0.497 e. The average molecular weight is 446 g/mol. The van der Waals surface area contributed by atoms with Gasteiger partial charge >= 0.3 is 5.97 Å². The summed E-state index contributed by atoms with van der Waals surface area (Å²) < 4.78 is 36.0. The number of cyclic esters (lactones) is 1. The lowest BCUT2D eigenvalue weighted by Gasteiger charge is -2.13. The first-order valence-corrected chi connectivity index (χ1v) is 10.5. The molecule has 0 saturated carbocycles. The third kappa shape index (κ3) is 5.23. The highest BCUT2D eigenvalue weighted by Gasteiger charge is 2.22. The van der Waals surface area contributed by atoms with Gasteiger partial charge in [-0.2, -0.15) is 0 Å². The van der Waals surface area contributed by atoms with Gasteiger partial charge in [0.1, 0.15) is 23.9 Å². The first-order valence-electron chi connectivity index (χ1n) is 10.5. The first-order chi connectivity index (χ1) is 16.1. The minimum atomic E-state index is -0.432. The molecule has 3 aromatic rings. The predicted octanol–water partition coefficient (Wildman–Crippen LogP) is 5.79. The van der Waals surface area contributed by atoms with Crippen molar-refractivity contribution >= 4 is 17.8 Å². The molecule has 0 fully saturated rings. The van der Waals surface area contributed by atoms with Crippen molar-refractivity contribution < 1.29 is 28.1 Å². The van der Waals surface area contributed by atoms with Crippen molar-refractivity contribution in [3.8, 4) is 17.2 Å². The Morgan fingerprint density at radius 2 is 1.76 bits per heavy atom. The number of rotatable bonds is 8. The summed E-state index contributed by atoms with van der Waals surface area (Å²) in [5.74, 6) is 1.44. The fourth-order valence-electron chi connectivity index (χ4n) is 3.34. The Bertz CT molecular complexity index is 1210. The molecule has 0 saturated heterocycles. The number of methoxy groups -OCH3 is 1. The highest BCUT2D eigenvalue weighted by Crippen LogP contribution is 2.32. The number of ether oxygens (including phenoxy) is 4. The summed E-state index contributed by atoms with van der Waals surface area (Å²) in [6, 6.07) is 19.1. The minimum absolute atomic E-state index is 0.0769. The molecule has 0 amide bonds. The van der Waals surface area contributed by atoms with Crippen LogP contribution in [0.1, 0.15) is 23.6 Å². The first kappa shape index (κ1) is 22.1. The van der Waals surface area contributed by atoms with E-state index in [9.17, 15) is 9.18 Å². The highest BCUT2D eigenvalue weighted by molar-refractivity contribution is 6.05. The van der Waals surface area contributed by atoms with Crippen molar-refractivity contribution in [3.63, 3.8) is 0 Å². The second kappa shape index (κ2) is 10.0. The molecule has 1 aliphatic rings. The molecule has 0 unspecified atom stereocenters. The molecule has 0 bridgehead atoms. The minimum Gasteiger partial charge on any atom is -0.497 e. The van der Waals surface area contributed by atoms with Crippen LogP contribution in [0.15, 0.2) is 78.4 Å². The van der Waals surface area contributed by atoms with Gasteiger partial charge < -0.3 is 18.9 Å². The van der Waals surface area contributed by atoms with Gasteiger partial charge in [0.25, 0.3) is 0 Å². The summed E-state index contributed by atoms with van der Waals surface area (Å²) >= 11 is 0. The molecule has 0 atom stereocenters. The van der Waals surface area contributed by atoms with E-state index < -0.39 is 5.97 Å². The third-order valence-electron chi connectivity index (χ3n) is 5.03. The molecule has 1 aliphatic heterocycles. The summed E-state index contributed by atoms with van der Waals surface area (Å²) in [5.41, 5.74) is 2.40. The van der Waals surface area contributed by atoms with Gasteiger partial charge in [0, 0.05) is 11.1 Å². The van der Waals surface area contributed by atoms with Crippen LogP contribution in [-0.2, 0) is 16.1 Å². The predicted molar refractivity (Wildman–Crippen MR) is 123 cm³/mol. The fraction of sp³-hybridized carbons (Fsp3) is 0.148. The maximum absolute atomic E-state index is 13.9. The van der Waals surface area contributed by atoms with Gasteiger partial charge in [0.05, 0.1) is 19.3 Å². The van der Waals surface area contributed by atoms with E-state index in [4.69, 9.17) is 18.9 Å². The molecule has 5 nitrogen and oxygen atoms in total. The molecule has 0 aromatic heterocycles. The van der Waals surface area contributed by atoms with E-state index in [0.29, 0.717) is 35.0 Å². The zero-order valence-corrected chi connectivity index (χ0v) is 18.3. The van der Waals surface area contributed by atoms with Crippen molar-refractivity contribution in [1.82, 2.24) is 0 Å². The fourth-order valence-corrected chi connectivity index (χ4v) is 3.34. The SMILES string of the molecule is CCOc1cc(/C=C2\C=C(c3ccc(OC)cc3)OC2=O)ccc1OCc1ccccc1F. The summed E-state index contributed by atoms with van der Waals surface area (Å²) in [6.45, 7) is 2.37. The van der Waals surface area contributed by atoms with Crippen molar-refractivity contribution in [2.75, 3.05) is 13.7 Å². The molecule has 4 rings (SSSR count). The maximum atomic E-state index is 13.9. The standard InChI is InChI=1S/C27H23FO5/c1-3-31-26-15-18(8-13-24(26)32-17-20-6-4-5-7-23(20)28)14-21-16-25(33-27(21)29)19-9-11-22(30-2)12-10-19/h4-16H,3,17H2,1-2H3/b21-14+. The lowest BCUT2D eigenvalue weighted by Crippen LogP contribution is -2.01. The lowest BCUT2D eigenvalue weighted by molar-refractivity contribution is -0.130. The van der Waals surface area contributed by atoms with Crippen molar-refractivity contribution in [3.05, 3.63) is 101 Å². The van der Waals surface area contributed by atoms with E-state index in [2.05, 4.69) is 0 Å². The van der Waals surface area contributed by atoms with Crippen LogP contribution in [0.3, 0.4) is 0 Å². The van der Waals surface area contributed by atoms with Crippen LogP contribution >= 0.6 is 0 Å². The Morgan fingerprint density at radius 3 is 2.48 bits per heavy atom. The highest BCUT2D eigenvalue weighted by atomic mass is 19.1. The van der Waals surface area contributed by atoms with E-state index in [-0.39, 0.29) is 12.4 Å². The van der Waals surface area contributed by atoms with Gasteiger partial charge in [-0.1, -0.05) is 24.3 Å². The van der Waals surface area contributed by atoms with Crippen molar-refractivity contribution in [2.24, 2.45) is 0 Å². The summed E-state index contributed by atoms with van der Waals surface area (Å²) in [7, 11) is 1.59. The van der Waals surface area contributed by atoms with Crippen LogP contribution < -0.4 is 14.2 Å². The molecular weight excluding hydrogens is 423 g/mol. The molecule has 3 aromatic carbocycles. The summed E-state index contributed by atoms with van der Waals surface area (Å²) in [6.07, 6.45) is 3.43. The molecule has 168 valence electrons. The molecule has 0 N–H and O–H groups in total. The monoisotopic (exact) mass is 446 g/mol. The molecule has 6 heteroatoms. The number of benzene rings is 3.